The van der Waals surface area contributed by atoms with Gasteiger partial charge in [-0.1, -0.05) is 50.5 Å². The van der Waals surface area contributed by atoms with E-state index in [-0.39, 0.29) is 30.4 Å². The zero-order valence-corrected chi connectivity index (χ0v) is 25.1. The van der Waals surface area contributed by atoms with E-state index in [1.807, 2.05) is 60.4 Å². The number of aliphatic hydroxyl groups is 1. The summed E-state index contributed by atoms with van der Waals surface area (Å²) in [6.45, 7) is 8.01. The summed E-state index contributed by atoms with van der Waals surface area (Å²) in [6.07, 6.45) is 12.0. The Bertz CT molecular complexity index is 1200. The maximum absolute atomic E-state index is 14.4. The van der Waals surface area contributed by atoms with Crippen LogP contribution in [-0.2, 0) is 19.1 Å². The quantitative estimate of drug-likeness (QED) is 0.300. The summed E-state index contributed by atoms with van der Waals surface area (Å²) in [5, 5.41) is 9.19. The minimum atomic E-state index is -1.21. The van der Waals surface area contributed by atoms with Gasteiger partial charge in [0, 0.05) is 38.0 Å². The van der Waals surface area contributed by atoms with Gasteiger partial charge in [-0.3, -0.25) is 14.4 Å². The molecule has 1 N–H and O–H groups in total. The van der Waals surface area contributed by atoms with Crippen LogP contribution in [0, 0.1) is 11.8 Å². The largest absolute Gasteiger partial charge is 0.494 e. The average Bonchev–Trinajstić information content (AvgIpc) is 3.28. The van der Waals surface area contributed by atoms with E-state index in [0.717, 1.165) is 37.1 Å². The molecule has 4 aliphatic heterocycles. The highest BCUT2D eigenvalue weighted by atomic mass is 16.5. The van der Waals surface area contributed by atoms with Crippen LogP contribution < -0.4 is 9.64 Å². The lowest BCUT2D eigenvalue weighted by Gasteiger charge is -2.37. The van der Waals surface area contributed by atoms with Crippen molar-refractivity contribution < 1.29 is 29.0 Å². The highest BCUT2D eigenvalue weighted by Crippen LogP contribution is 2.53. The first-order valence-electron chi connectivity index (χ1n) is 15.7. The van der Waals surface area contributed by atoms with E-state index in [9.17, 15) is 19.5 Å². The lowest BCUT2D eigenvalue weighted by Crippen LogP contribution is -2.56. The maximum Gasteiger partial charge on any atom is 0.249 e. The first-order valence-corrected chi connectivity index (χ1v) is 15.7. The Morgan fingerprint density at radius 3 is 2.48 bits per heavy atom. The number of unbranched alkanes of at least 4 members (excludes halogenated alkanes) is 3. The summed E-state index contributed by atoms with van der Waals surface area (Å²) < 4.78 is 12.3. The summed E-state index contributed by atoms with van der Waals surface area (Å²) in [7, 11) is 0. The fraction of sp³-hybridized carbons (Fsp3) is 0.606. The Labute approximate surface area is 249 Å². The standard InChI is InChI=1S/C33H45N3O6/c1-4-12-23(3)34-21-11-18-33-28(31(39)36(29(33)32(34)40)19-8-6-7-9-22-37)27-26(42-33)13-10-20-35(30(27)38)24-14-16-25(17-15-24)41-5-2/h10-11,13-18,23,26-29,37H,4-9,12,19-22H2,1-3H3/t23?,26-,27+,28+,29?,33+/m1/s1. The van der Waals surface area contributed by atoms with Gasteiger partial charge >= 0.3 is 0 Å². The maximum atomic E-state index is 14.4. The van der Waals surface area contributed by atoms with Gasteiger partial charge in [0.2, 0.25) is 17.7 Å². The number of ether oxygens (including phenoxy) is 2. The molecule has 0 bridgehead atoms. The van der Waals surface area contributed by atoms with E-state index in [4.69, 9.17) is 9.47 Å². The van der Waals surface area contributed by atoms with Crippen molar-refractivity contribution >= 4 is 23.4 Å². The molecule has 2 unspecified atom stereocenters. The average molecular weight is 580 g/mol. The summed E-state index contributed by atoms with van der Waals surface area (Å²) in [5.41, 5.74) is -0.485. The number of benzene rings is 1. The van der Waals surface area contributed by atoms with Gasteiger partial charge in [0.25, 0.3) is 0 Å². The van der Waals surface area contributed by atoms with Crippen molar-refractivity contribution in [1.29, 1.82) is 0 Å². The molecule has 1 aromatic rings. The molecule has 2 saturated heterocycles. The molecule has 6 atom stereocenters. The van der Waals surface area contributed by atoms with Gasteiger partial charge in [0.15, 0.2) is 0 Å². The van der Waals surface area contributed by atoms with E-state index in [1.54, 1.807) is 9.80 Å². The smallest absolute Gasteiger partial charge is 0.249 e. The van der Waals surface area contributed by atoms with Crippen molar-refractivity contribution in [2.75, 3.05) is 37.7 Å². The van der Waals surface area contributed by atoms with Gasteiger partial charge in [0.1, 0.15) is 17.4 Å². The molecule has 9 nitrogen and oxygen atoms in total. The Morgan fingerprint density at radius 1 is 1.00 bits per heavy atom. The molecule has 0 aliphatic carbocycles. The fourth-order valence-electron chi connectivity index (χ4n) is 7.23. The summed E-state index contributed by atoms with van der Waals surface area (Å²) in [4.78, 5) is 48.3. The van der Waals surface area contributed by atoms with Crippen molar-refractivity contribution in [2.45, 2.75) is 83.1 Å². The molecule has 0 radical (unpaired) electrons. The summed E-state index contributed by atoms with van der Waals surface area (Å²) in [6, 6.07) is 6.62. The molecule has 4 aliphatic rings. The number of hydrogen-bond donors (Lipinski definition) is 1. The molecule has 0 aromatic heterocycles. The highest BCUT2D eigenvalue weighted by molar-refractivity contribution is 6.03. The minimum absolute atomic E-state index is 0.0198. The van der Waals surface area contributed by atoms with E-state index in [1.165, 1.54) is 0 Å². The van der Waals surface area contributed by atoms with Crippen LogP contribution in [0.1, 0.15) is 59.3 Å². The third kappa shape index (κ3) is 5.37. The van der Waals surface area contributed by atoms with Gasteiger partial charge in [-0.25, -0.2) is 0 Å². The van der Waals surface area contributed by atoms with Crippen LogP contribution in [0.2, 0.25) is 0 Å². The molecule has 228 valence electrons. The number of carbonyl (C=O) groups excluding carboxylic acids is 3. The number of anilines is 1. The Balaban J connectivity index is 1.49. The molecule has 0 saturated carbocycles. The lowest BCUT2D eigenvalue weighted by molar-refractivity contribution is -0.148. The third-order valence-corrected chi connectivity index (χ3v) is 9.19. The van der Waals surface area contributed by atoms with Crippen molar-refractivity contribution in [3.05, 3.63) is 48.6 Å². The predicted molar refractivity (Wildman–Crippen MR) is 160 cm³/mol. The molecule has 4 heterocycles. The zero-order chi connectivity index (χ0) is 29.9. The lowest BCUT2D eigenvalue weighted by atomic mass is 9.77. The minimum Gasteiger partial charge on any atom is -0.494 e. The molecular formula is C33H45N3O6. The van der Waals surface area contributed by atoms with E-state index in [2.05, 4.69) is 13.8 Å². The van der Waals surface area contributed by atoms with Crippen molar-refractivity contribution in [3.8, 4) is 5.75 Å². The van der Waals surface area contributed by atoms with Gasteiger partial charge in [0.05, 0.1) is 24.5 Å². The summed E-state index contributed by atoms with van der Waals surface area (Å²) in [5.74, 6) is -1.29. The SMILES string of the molecule is CCCC(C)N1CC=C[C@]23O[C@@H]4C=CCN(c5ccc(OCC)cc5)C(=O)[C@@H]4[C@H]2C(=O)N(CCCCCCO)C3C1=O. The normalized spacial score (nSPS) is 29.3. The second-order valence-electron chi connectivity index (χ2n) is 11.8. The first-order chi connectivity index (χ1) is 20.4. The van der Waals surface area contributed by atoms with Crippen molar-refractivity contribution in [1.82, 2.24) is 9.80 Å². The van der Waals surface area contributed by atoms with Crippen LogP contribution in [0.3, 0.4) is 0 Å². The molecule has 1 spiro atoms. The van der Waals surface area contributed by atoms with Gasteiger partial charge in [-0.05, 0) is 57.4 Å². The van der Waals surface area contributed by atoms with Crippen LogP contribution in [0.25, 0.3) is 0 Å². The highest BCUT2D eigenvalue weighted by Gasteiger charge is 2.71. The second kappa shape index (κ2) is 13.0. The number of likely N-dealkylation sites (tertiary alicyclic amines) is 1. The number of rotatable bonds is 12. The van der Waals surface area contributed by atoms with Crippen LogP contribution in [0.4, 0.5) is 5.69 Å². The Hall–Kier alpha value is -3.17. The van der Waals surface area contributed by atoms with E-state index >= 15 is 0 Å². The first kappa shape index (κ1) is 30.3. The van der Waals surface area contributed by atoms with Crippen LogP contribution >= 0.6 is 0 Å². The fourth-order valence-corrected chi connectivity index (χ4v) is 7.23. The molecule has 3 amide bonds. The van der Waals surface area contributed by atoms with E-state index in [0.29, 0.717) is 39.1 Å². The second-order valence-corrected chi connectivity index (χ2v) is 11.8. The number of fused-ring (bicyclic) bond motifs is 2. The van der Waals surface area contributed by atoms with Crippen LogP contribution in [0.5, 0.6) is 5.75 Å². The summed E-state index contributed by atoms with van der Waals surface area (Å²) >= 11 is 0. The Kier molecular flexibility index (Phi) is 9.38. The molecule has 2 fully saturated rings. The van der Waals surface area contributed by atoms with Crippen molar-refractivity contribution in [2.24, 2.45) is 11.8 Å². The molecule has 5 rings (SSSR count). The van der Waals surface area contributed by atoms with Crippen LogP contribution in [0.15, 0.2) is 48.6 Å². The zero-order valence-electron chi connectivity index (χ0n) is 25.1. The number of carbonyl (C=O) groups is 3. The Morgan fingerprint density at radius 2 is 1.76 bits per heavy atom. The molecular weight excluding hydrogens is 534 g/mol. The van der Waals surface area contributed by atoms with Gasteiger partial charge in [-0.2, -0.15) is 0 Å². The monoisotopic (exact) mass is 579 g/mol. The third-order valence-electron chi connectivity index (χ3n) is 9.19. The number of amides is 3. The van der Waals surface area contributed by atoms with Crippen molar-refractivity contribution in [3.63, 3.8) is 0 Å². The van der Waals surface area contributed by atoms with Crippen LogP contribution in [-0.4, -0.2) is 89.3 Å². The number of aliphatic hydroxyl groups excluding tert-OH is 1. The topological polar surface area (TPSA) is 99.6 Å². The predicted octanol–water partition coefficient (Wildman–Crippen LogP) is 3.71. The number of hydrogen-bond acceptors (Lipinski definition) is 6. The molecule has 42 heavy (non-hydrogen) atoms. The molecule has 1 aromatic carbocycles. The molecule has 9 heteroatoms. The van der Waals surface area contributed by atoms with Gasteiger partial charge < -0.3 is 29.3 Å². The van der Waals surface area contributed by atoms with Gasteiger partial charge in [-0.15, -0.1) is 0 Å². The number of nitrogens with zero attached hydrogens (tertiary/aromatic N) is 3. The van der Waals surface area contributed by atoms with E-state index < -0.39 is 29.6 Å².